The van der Waals surface area contributed by atoms with E-state index in [4.69, 9.17) is 4.52 Å². The molecule has 0 bridgehead atoms. The lowest BCUT2D eigenvalue weighted by Crippen LogP contribution is -2.41. The van der Waals surface area contributed by atoms with Crippen molar-refractivity contribution in [3.8, 4) is 0 Å². The van der Waals surface area contributed by atoms with Crippen molar-refractivity contribution < 1.29 is 9.32 Å². The van der Waals surface area contributed by atoms with Crippen molar-refractivity contribution >= 4 is 5.91 Å². The fraction of sp³-hybridized carbons (Fsp3) is 0.750. The normalized spacial score (nSPS) is 21.1. The van der Waals surface area contributed by atoms with Gasteiger partial charge in [0.1, 0.15) is 5.76 Å². The lowest BCUT2D eigenvalue weighted by Gasteiger charge is -2.33. The van der Waals surface area contributed by atoms with E-state index in [-0.39, 0.29) is 5.92 Å². The van der Waals surface area contributed by atoms with Crippen molar-refractivity contribution in [2.75, 3.05) is 26.2 Å². The third kappa shape index (κ3) is 3.12. The number of hydrogen-bond acceptors (Lipinski definition) is 4. The predicted octanol–water partition coefficient (Wildman–Crippen LogP) is 2.13. The second-order valence-corrected chi connectivity index (χ2v) is 6.39. The van der Waals surface area contributed by atoms with Crippen LogP contribution in [0.15, 0.2) is 4.52 Å². The van der Waals surface area contributed by atoms with Gasteiger partial charge in [-0.05, 0) is 52.6 Å². The Labute approximate surface area is 126 Å². The van der Waals surface area contributed by atoms with Gasteiger partial charge in [-0.25, -0.2) is 0 Å². The first-order chi connectivity index (χ1) is 10.1. The second kappa shape index (κ2) is 6.18. The number of carbonyl (C=O) groups excluding carboxylic acids is 1. The Morgan fingerprint density at radius 2 is 1.86 bits per heavy atom. The van der Waals surface area contributed by atoms with Crippen LogP contribution in [0.3, 0.4) is 0 Å². The van der Waals surface area contributed by atoms with Gasteiger partial charge in [0, 0.05) is 31.1 Å². The monoisotopic (exact) mass is 291 g/mol. The van der Waals surface area contributed by atoms with Crippen LogP contribution in [0.5, 0.6) is 0 Å². The molecule has 0 unspecified atom stereocenters. The van der Waals surface area contributed by atoms with E-state index < -0.39 is 0 Å². The minimum Gasteiger partial charge on any atom is -0.361 e. The number of amides is 1. The summed E-state index contributed by atoms with van der Waals surface area (Å²) in [7, 11) is 0. The molecule has 3 heterocycles. The average molecular weight is 291 g/mol. The Morgan fingerprint density at radius 3 is 2.43 bits per heavy atom. The molecule has 1 amide bonds. The Hall–Kier alpha value is -1.36. The van der Waals surface area contributed by atoms with Gasteiger partial charge in [0.15, 0.2) is 0 Å². The average Bonchev–Trinajstić information content (AvgIpc) is 3.13. The zero-order chi connectivity index (χ0) is 14.8. The molecule has 21 heavy (non-hydrogen) atoms. The minimum atomic E-state index is 0.240. The lowest BCUT2D eigenvalue weighted by molar-refractivity contribution is -0.136. The number of aryl methyl sites for hydroxylation is 2. The molecular weight excluding hydrogens is 266 g/mol. The van der Waals surface area contributed by atoms with Gasteiger partial charge < -0.3 is 9.42 Å². The molecule has 116 valence electrons. The Morgan fingerprint density at radius 1 is 1.19 bits per heavy atom. The molecule has 3 rings (SSSR count). The van der Waals surface area contributed by atoms with Crippen molar-refractivity contribution in [2.45, 2.75) is 46.1 Å². The van der Waals surface area contributed by atoms with Gasteiger partial charge >= 0.3 is 0 Å². The summed E-state index contributed by atoms with van der Waals surface area (Å²) in [5, 5.41) is 4.01. The summed E-state index contributed by atoms with van der Waals surface area (Å²) in [4.78, 5) is 16.9. The van der Waals surface area contributed by atoms with E-state index in [0.717, 1.165) is 57.0 Å². The molecule has 1 aromatic rings. The third-order valence-electron chi connectivity index (χ3n) is 4.92. The smallest absolute Gasteiger partial charge is 0.225 e. The SMILES string of the molecule is Cc1noc(C)c1CN1CCC(C(=O)N2CCCC2)CC1. The minimum absolute atomic E-state index is 0.240. The first kappa shape index (κ1) is 14.6. The maximum atomic E-state index is 12.4. The molecule has 2 saturated heterocycles. The van der Waals surface area contributed by atoms with Gasteiger partial charge in [0.05, 0.1) is 5.69 Å². The number of rotatable bonds is 3. The number of likely N-dealkylation sites (tertiary alicyclic amines) is 2. The lowest BCUT2D eigenvalue weighted by atomic mass is 9.95. The van der Waals surface area contributed by atoms with Gasteiger partial charge in [-0.3, -0.25) is 9.69 Å². The molecule has 2 aliphatic rings. The zero-order valence-electron chi connectivity index (χ0n) is 13.1. The number of nitrogens with zero attached hydrogens (tertiary/aromatic N) is 3. The maximum absolute atomic E-state index is 12.4. The molecule has 1 aromatic heterocycles. The first-order valence-corrected chi connectivity index (χ1v) is 8.08. The summed E-state index contributed by atoms with van der Waals surface area (Å²) in [5.74, 6) is 1.55. The van der Waals surface area contributed by atoms with Gasteiger partial charge in [-0.2, -0.15) is 0 Å². The van der Waals surface area contributed by atoms with E-state index >= 15 is 0 Å². The van der Waals surface area contributed by atoms with Gasteiger partial charge in [-0.15, -0.1) is 0 Å². The fourth-order valence-electron chi connectivity index (χ4n) is 3.48. The number of aromatic nitrogens is 1. The van der Waals surface area contributed by atoms with Gasteiger partial charge in [-0.1, -0.05) is 5.16 Å². The number of carbonyl (C=O) groups is 1. The molecular formula is C16H25N3O2. The molecule has 0 aromatic carbocycles. The van der Waals surface area contributed by atoms with Crippen molar-refractivity contribution in [3.05, 3.63) is 17.0 Å². The maximum Gasteiger partial charge on any atom is 0.225 e. The summed E-state index contributed by atoms with van der Waals surface area (Å²) >= 11 is 0. The van der Waals surface area contributed by atoms with Crippen molar-refractivity contribution in [1.82, 2.24) is 15.0 Å². The van der Waals surface area contributed by atoms with E-state index in [9.17, 15) is 4.79 Å². The van der Waals surface area contributed by atoms with Crippen LogP contribution in [0.1, 0.15) is 42.7 Å². The second-order valence-electron chi connectivity index (χ2n) is 6.39. The van der Waals surface area contributed by atoms with E-state index in [1.165, 1.54) is 18.4 Å². The standard InChI is InChI=1S/C16H25N3O2/c1-12-15(13(2)21-17-12)11-18-9-5-14(6-10-18)16(20)19-7-3-4-8-19/h14H,3-11H2,1-2H3. The quantitative estimate of drug-likeness (QED) is 0.856. The van der Waals surface area contributed by atoms with Crippen LogP contribution >= 0.6 is 0 Å². The molecule has 0 N–H and O–H groups in total. The highest BCUT2D eigenvalue weighted by molar-refractivity contribution is 5.79. The summed E-state index contributed by atoms with van der Waals surface area (Å²) in [5.41, 5.74) is 2.20. The Bertz CT molecular complexity index is 478. The van der Waals surface area contributed by atoms with Crippen LogP contribution < -0.4 is 0 Å². The van der Waals surface area contributed by atoms with Crippen LogP contribution in [0.2, 0.25) is 0 Å². The molecule has 2 fully saturated rings. The summed E-state index contributed by atoms with van der Waals surface area (Å²) in [6.45, 7) is 8.79. The molecule has 0 spiro atoms. The van der Waals surface area contributed by atoms with Crippen molar-refractivity contribution in [3.63, 3.8) is 0 Å². The Balaban J connectivity index is 1.52. The van der Waals surface area contributed by atoms with Gasteiger partial charge in [0.2, 0.25) is 5.91 Å². The molecule has 0 saturated carbocycles. The number of hydrogen-bond donors (Lipinski definition) is 0. The summed E-state index contributed by atoms with van der Waals surface area (Å²) < 4.78 is 5.23. The van der Waals surface area contributed by atoms with Crippen molar-refractivity contribution in [2.24, 2.45) is 5.92 Å². The predicted molar refractivity (Wildman–Crippen MR) is 79.8 cm³/mol. The van der Waals surface area contributed by atoms with E-state index in [2.05, 4.69) is 15.0 Å². The van der Waals surface area contributed by atoms with Crippen LogP contribution in [-0.2, 0) is 11.3 Å². The van der Waals surface area contributed by atoms with E-state index in [0.29, 0.717) is 5.91 Å². The fourth-order valence-corrected chi connectivity index (χ4v) is 3.48. The highest BCUT2D eigenvalue weighted by atomic mass is 16.5. The first-order valence-electron chi connectivity index (χ1n) is 8.08. The number of piperidine rings is 1. The summed E-state index contributed by atoms with van der Waals surface area (Å²) in [6.07, 6.45) is 4.32. The zero-order valence-corrected chi connectivity index (χ0v) is 13.1. The third-order valence-corrected chi connectivity index (χ3v) is 4.92. The largest absolute Gasteiger partial charge is 0.361 e. The van der Waals surface area contributed by atoms with Gasteiger partial charge in [0.25, 0.3) is 0 Å². The molecule has 0 radical (unpaired) electrons. The summed E-state index contributed by atoms with van der Waals surface area (Å²) in [6, 6.07) is 0. The topological polar surface area (TPSA) is 49.6 Å². The van der Waals surface area contributed by atoms with Crippen LogP contribution in [0.4, 0.5) is 0 Å². The Kier molecular flexibility index (Phi) is 4.29. The highest BCUT2D eigenvalue weighted by Gasteiger charge is 2.30. The molecule has 5 heteroatoms. The van der Waals surface area contributed by atoms with E-state index in [1.807, 2.05) is 13.8 Å². The van der Waals surface area contributed by atoms with E-state index in [1.54, 1.807) is 0 Å². The highest BCUT2D eigenvalue weighted by Crippen LogP contribution is 2.24. The van der Waals surface area contributed by atoms with Crippen molar-refractivity contribution in [1.29, 1.82) is 0 Å². The van der Waals surface area contributed by atoms with Crippen LogP contribution in [0.25, 0.3) is 0 Å². The van der Waals surface area contributed by atoms with Crippen LogP contribution in [-0.4, -0.2) is 47.0 Å². The molecule has 5 nitrogen and oxygen atoms in total. The molecule has 0 atom stereocenters. The van der Waals surface area contributed by atoms with Crippen LogP contribution in [0, 0.1) is 19.8 Å². The molecule has 2 aliphatic heterocycles. The molecule has 0 aliphatic carbocycles.